The van der Waals surface area contributed by atoms with Crippen LogP contribution in [0.3, 0.4) is 0 Å². The molecule has 1 aliphatic heterocycles. The maximum Gasteiger partial charge on any atom is 0.335 e. The fraction of sp³-hybridized carbons (Fsp3) is 0.769. The number of rotatable bonds is 9. The van der Waals surface area contributed by atoms with Gasteiger partial charge in [0.05, 0.1) is 0 Å². The summed E-state index contributed by atoms with van der Waals surface area (Å²) in [5.74, 6) is 4.26. The van der Waals surface area contributed by atoms with Crippen molar-refractivity contribution in [1.29, 1.82) is 0 Å². The number of hydrogen-bond acceptors (Lipinski definition) is 10. The summed E-state index contributed by atoms with van der Waals surface area (Å²) in [6.07, 6.45) is -5.64. The van der Waals surface area contributed by atoms with Gasteiger partial charge in [0, 0.05) is 25.0 Å². The molecule has 5 atom stereocenters. The number of carboxylic acids is 1. The zero-order valence-corrected chi connectivity index (χ0v) is 13.3. The van der Waals surface area contributed by atoms with Gasteiger partial charge >= 0.3 is 5.97 Å². The van der Waals surface area contributed by atoms with Crippen LogP contribution in [-0.2, 0) is 9.53 Å². The number of aliphatic hydroxyl groups excluding tert-OH is 3. The lowest BCUT2D eigenvalue weighted by Crippen LogP contribution is -2.64. The van der Waals surface area contributed by atoms with Crippen LogP contribution in [0.25, 0.3) is 0 Å². The molecular weight excluding hydrogens is 322 g/mol. The molecule has 0 amide bonds. The SMILES string of the molecule is NCCNCCC/C(N)=C/N(N)C1OC(C(=O)O)C(O)C(O)C1O. The molecule has 0 saturated carbocycles. The molecule has 0 aliphatic carbocycles. The molecule has 0 spiro atoms. The monoisotopic (exact) mass is 349 g/mol. The maximum atomic E-state index is 11.0. The van der Waals surface area contributed by atoms with Crippen molar-refractivity contribution in [3.8, 4) is 0 Å². The Kier molecular flexibility index (Phi) is 8.35. The van der Waals surface area contributed by atoms with Gasteiger partial charge in [-0.25, -0.2) is 10.6 Å². The third kappa shape index (κ3) is 5.56. The van der Waals surface area contributed by atoms with E-state index >= 15 is 0 Å². The highest BCUT2D eigenvalue weighted by atomic mass is 16.6. The lowest BCUT2D eigenvalue weighted by Gasteiger charge is -2.41. The number of carboxylic acid groups (broad SMARTS) is 1. The molecule has 11 N–H and O–H groups in total. The predicted octanol–water partition coefficient (Wildman–Crippen LogP) is -3.82. The van der Waals surface area contributed by atoms with E-state index in [0.29, 0.717) is 31.8 Å². The van der Waals surface area contributed by atoms with Gasteiger partial charge in [0.2, 0.25) is 0 Å². The smallest absolute Gasteiger partial charge is 0.335 e. The Hall–Kier alpha value is -1.47. The molecule has 1 aliphatic rings. The van der Waals surface area contributed by atoms with Crippen molar-refractivity contribution in [1.82, 2.24) is 10.3 Å². The first kappa shape index (κ1) is 20.6. The average molecular weight is 349 g/mol. The number of nitrogens with zero attached hydrogens (tertiary/aromatic N) is 1. The molecule has 1 fully saturated rings. The summed E-state index contributed by atoms with van der Waals surface area (Å²) < 4.78 is 5.08. The van der Waals surface area contributed by atoms with E-state index in [1.54, 1.807) is 0 Å². The van der Waals surface area contributed by atoms with Gasteiger partial charge in [0.1, 0.15) is 18.3 Å². The topological polar surface area (TPSA) is 201 Å². The Morgan fingerprint density at radius 3 is 2.46 bits per heavy atom. The van der Waals surface area contributed by atoms with E-state index in [4.69, 9.17) is 27.2 Å². The number of aliphatic hydroxyl groups is 3. The Bertz CT molecular complexity index is 437. The van der Waals surface area contributed by atoms with Gasteiger partial charge in [0.15, 0.2) is 12.3 Å². The van der Waals surface area contributed by atoms with Crippen molar-refractivity contribution in [3.05, 3.63) is 11.9 Å². The standard InChI is InChI=1S/C13H27N5O6/c14-3-5-17-4-1-2-7(15)6-18(16)12-10(21)8(19)9(20)11(24-12)13(22)23/h6,8-12,17,19-21H,1-5,14-16H2,(H,22,23)/b7-6-. The number of carbonyl (C=O) groups is 1. The van der Waals surface area contributed by atoms with Gasteiger partial charge < -0.3 is 41.9 Å². The molecule has 1 saturated heterocycles. The van der Waals surface area contributed by atoms with Crippen molar-refractivity contribution in [3.63, 3.8) is 0 Å². The fourth-order valence-corrected chi connectivity index (χ4v) is 2.29. The minimum absolute atomic E-state index is 0.385. The van der Waals surface area contributed by atoms with E-state index in [0.717, 1.165) is 11.4 Å². The quantitative estimate of drug-likeness (QED) is 0.115. The van der Waals surface area contributed by atoms with Crippen molar-refractivity contribution in [2.45, 2.75) is 43.5 Å². The van der Waals surface area contributed by atoms with Gasteiger partial charge in [-0.2, -0.15) is 0 Å². The van der Waals surface area contributed by atoms with Crippen molar-refractivity contribution in [2.24, 2.45) is 17.3 Å². The summed E-state index contributed by atoms with van der Waals surface area (Å²) in [5, 5.41) is 42.3. The van der Waals surface area contributed by atoms with Crippen LogP contribution >= 0.6 is 0 Å². The molecule has 0 aromatic heterocycles. The Labute approximate surface area is 139 Å². The zero-order chi connectivity index (χ0) is 18.3. The molecule has 11 nitrogen and oxygen atoms in total. The Balaban J connectivity index is 2.62. The van der Waals surface area contributed by atoms with Crippen LogP contribution in [-0.4, -0.2) is 81.7 Å². The molecule has 140 valence electrons. The zero-order valence-electron chi connectivity index (χ0n) is 13.3. The third-order valence-corrected chi connectivity index (χ3v) is 3.58. The van der Waals surface area contributed by atoms with E-state index in [2.05, 4.69) is 5.32 Å². The second-order valence-electron chi connectivity index (χ2n) is 5.55. The molecule has 0 aromatic rings. The first-order valence-electron chi connectivity index (χ1n) is 7.62. The van der Waals surface area contributed by atoms with Crippen LogP contribution in [0.15, 0.2) is 11.9 Å². The summed E-state index contributed by atoms with van der Waals surface area (Å²) in [5.41, 5.74) is 11.6. The Morgan fingerprint density at radius 2 is 1.88 bits per heavy atom. The summed E-state index contributed by atoms with van der Waals surface area (Å²) in [7, 11) is 0. The van der Waals surface area contributed by atoms with E-state index in [1.165, 1.54) is 6.20 Å². The number of aliphatic carboxylic acids is 1. The lowest BCUT2D eigenvalue weighted by atomic mass is 9.98. The molecule has 24 heavy (non-hydrogen) atoms. The molecule has 1 heterocycles. The first-order valence-corrected chi connectivity index (χ1v) is 7.62. The number of allylic oxidation sites excluding steroid dienone is 1. The Morgan fingerprint density at radius 1 is 1.21 bits per heavy atom. The minimum atomic E-state index is -1.77. The number of nitrogens with two attached hydrogens (primary N) is 3. The molecular formula is C13H27N5O6. The fourth-order valence-electron chi connectivity index (χ4n) is 2.29. The number of nitrogens with one attached hydrogen (secondary N) is 1. The van der Waals surface area contributed by atoms with Crippen molar-refractivity contribution < 1.29 is 30.0 Å². The van der Waals surface area contributed by atoms with E-state index in [1.807, 2.05) is 0 Å². The molecule has 0 radical (unpaired) electrons. The third-order valence-electron chi connectivity index (χ3n) is 3.58. The van der Waals surface area contributed by atoms with Gasteiger partial charge in [-0.1, -0.05) is 0 Å². The van der Waals surface area contributed by atoms with Gasteiger partial charge in [-0.15, -0.1) is 0 Å². The molecule has 0 aromatic carbocycles. The van der Waals surface area contributed by atoms with Gasteiger partial charge in [-0.05, 0) is 19.4 Å². The van der Waals surface area contributed by atoms with Crippen LogP contribution in [0.4, 0.5) is 0 Å². The second-order valence-corrected chi connectivity index (χ2v) is 5.55. The normalized spacial score (nSPS) is 31.0. The summed E-state index contributed by atoms with van der Waals surface area (Å²) >= 11 is 0. The largest absolute Gasteiger partial charge is 0.479 e. The molecule has 11 heteroatoms. The van der Waals surface area contributed by atoms with Crippen LogP contribution < -0.4 is 22.6 Å². The van der Waals surface area contributed by atoms with Crippen LogP contribution in [0.2, 0.25) is 0 Å². The predicted molar refractivity (Wildman–Crippen MR) is 83.8 cm³/mol. The highest BCUT2D eigenvalue weighted by molar-refractivity contribution is 5.73. The number of hydrazine groups is 1. The maximum absolute atomic E-state index is 11.0. The molecule has 0 bridgehead atoms. The lowest BCUT2D eigenvalue weighted by molar-refractivity contribution is -0.254. The van der Waals surface area contributed by atoms with Gasteiger partial charge in [0.25, 0.3) is 0 Å². The first-order chi connectivity index (χ1) is 11.3. The van der Waals surface area contributed by atoms with Crippen LogP contribution in [0.1, 0.15) is 12.8 Å². The highest BCUT2D eigenvalue weighted by Crippen LogP contribution is 2.23. The van der Waals surface area contributed by atoms with Crippen molar-refractivity contribution in [2.75, 3.05) is 19.6 Å². The van der Waals surface area contributed by atoms with E-state index < -0.39 is 36.6 Å². The highest BCUT2D eigenvalue weighted by Gasteiger charge is 2.48. The van der Waals surface area contributed by atoms with E-state index in [-0.39, 0.29) is 0 Å². The molecule has 1 rings (SSSR count). The average Bonchev–Trinajstić information content (AvgIpc) is 2.52. The van der Waals surface area contributed by atoms with Crippen LogP contribution in [0, 0.1) is 0 Å². The summed E-state index contributed by atoms with van der Waals surface area (Å²) in [4.78, 5) is 11.0. The number of hydrogen-bond donors (Lipinski definition) is 8. The van der Waals surface area contributed by atoms with Crippen molar-refractivity contribution >= 4 is 5.97 Å². The second kappa shape index (κ2) is 9.74. The van der Waals surface area contributed by atoms with Crippen LogP contribution in [0.5, 0.6) is 0 Å². The van der Waals surface area contributed by atoms with E-state index in [9.17, 15) is 20.1 Å². The summed E-state index contributed by atoms with van der Waals surface area (Å²) in [6.45, 7) is 1.95. The van der Waals surface area contributed by atoms with Gasteiger partial charge in [-0.3, -0.25) is 5.01 Å². The minimum Gasteiger partial charge on any atom is -0.479 e. The molecule has 5 unspecified atom stereocenters. The number of ether oxygens (including phenoxy) is 1. The summed E-state index contributed by atoms with van der Waals surface area (Å²) in [6, 6.07) is 0.